The minimum atomic E-state index is -0.415. The highest BCUT2D eigenvalue weighted by Crippen LogP contribution is 2.32. The second-order valence-electron chi connectivity index (χ2n) is 5.64. The van der Waals surface area contributed by atoms with Gasteiger partial charge in [-0.05, 0) is 53.1 Å². The lowest BCUT2D eigenvalue weighted by Gasteiger charge is -2.23. The van der Waals surface area contributed by atoms with E-state index in [0.29, 0.717) is 23.8 Å². The first kappa shape index (κ1) is 13.6. The molecule has 1 fully saturated rings. The molecule has 0 aliphatic heterocycles. The molecule has 4 rings (SSSR count). The molecule has 1 saturated carbocycles. The SMILES string of the molecule is NC(=O)c1ccc(CN(c2ccc3nnnn3n2)C2CC2)cc1. The number of fused-ring (bicyclic) bond motifs is 1. The zero-order valence-electron chi connectivity index (χ0n) is 12.3. The second kappa shape index (κ2) is 5.31. The molecule has 116 valence electrons. The molecule has 1 amide bonds. The van der Waals surface area contributed by atoms with Crippen LogP contribution in [0.4, 0.5) is 5.82 Å². The number of hydrogen-bond donors (Lipinski definition) is 1. The summed E-state index contributed by atoms with van der Waals surface area (Å²) in [7, 11) is 0. The van der Waals surface area contributed by atoms with Gasteiger partial charge in [0.05, 0.1) is 0 Å². The lowest BCUT2D eigenvalue weighted by molar-refractivity contribution is 0.100. The largest absolute Gasteiger partial charge is 0.366 e. The monoisotopic (exact) mass is 309 g/mol. The molecule has 8 nitrogen and oxygen atoms in total. The minimum absolute atomic E-state index is 0.415. The Balaban J connectivity index is 1.61. The summed E-state index contributed by atoms with van der Waals surface area (Å²) in [6.45, 7) is 0.713. The van der Waals surface area contributed by atoms with E-state index in [2.05, 4.69) is 25.5 Å². The smallest absolute Gasteiger partial charge is 0.248 e. The van der Waals surface area contributed by atoms with Gasteiger partial charge in [-0.25, -0.2) is 0 Å². The van der Waals surface area contributed by atoms with Crippen molar-refractivity contribution in [2.75, 3.05) is 4.90 Å². The van der Waals surface area contributed by atoms with E-state index in [1.54, 1.807) is 12.1 Å². The molecular formula is C15H15N7O. The Hall–Kier alpha value is -3.03. The molecule has 1 aliphatic rings. The second-order valence-corrected chi connectivity index (χ2v) is 5.64. The maximum atomic E-state index is 11.2. The van der Waals surface area contributed by atoms with Crippen molar-refractivity contribution in [2.45, 2.75) is 25.4 Å². The fraction of sp³-hybridized carbons (Fsp3) is 0.267. The number of tetrazole rings is 1. The molecule has 0 saturated heterocycles. The van der Waals surface area contributed by atoms with Crippen LogP contribution in [-0.2, 0) is 6.54 Å². The van der Waals surface area contributed by atoms with Crippen LogP contribution in [0.5, 0.6) is 0 Å². The number of benzene rings is 1. The average molecular weight is 309 g/mol. The number of carbonyl (C=O) groups is 1. The number of hydrogen-bond acceptors (Lipinski definition) is 6. The van der Waals surface area contributed by atoms with Crippen molar-refractivity contribution >= 4 is 17.4 Å². The highest BCUT2D eigenvalue weighted by Gasteiger charge is 2.30. The van der Waals surface area contributed by atoms with Gasteiger partial charge in [-0.2, -0.15) is 0 Å². The Morgan fingerprint density at radius 3 is 2.70 bits per heavy atom. The molecule has 3 aromatic rings. The fourth-order valence-corrected chi connectivity index (χ4v) is 2.55. The lowest BCUT2D eigenvalue weighted by atomic mass is 10.1. The number of carbonyl (C=O) groups excluding carboxylic acids is 1. The van der Waals surface area contributed by atoms with Crippen LogP contribution in [-0.4, -0.2) is 37.2 Å². The highest BCUT2D eigenvalue weighted by molar-refractivity contribution is 5.92. The van der Waals surface area contributed by atoms with Gasteiger partial charge in [0.25, 0.3) is 0 Å². The number of aromatic nitrogens is 5. The van der Waals surface area contributed by atoms with Crippen molar-refractivity contribution in [3.05, 3.63) is 47.5 Å². The van der Waals surface area contributed by atoms with Crippen molar-refractivity contribution in [2.24, 2.45) is 5.73 Å². The van der Waals surface area contributed by atoms with E-state index in [0.717, 1.165) is 24.2 Å². The Bertz CT molecular complexity index is 854. The van der Waals surface area contributed by atoms with Crippen LogP contribution in [0.1, 0.15) is 28.8 Å². The van der Waals surface area contributed by atoms with E-state index >= 15 is 0 Å². The lowest BCUT2D eigenvalue weighted by Crippen LogP contribution is -2.26. The first-order valence-electron chi connectivity index (χ1n) is 7.41. The summed E-state index contributed by atoms with van der Waals surface area (Å²) in [6, 6.07) is 11.6. The third-order valence-corrected chi connectivity index (χ3v) is 3.93. The number of primary amides is 1. The number of anilines is 1. The summed E-state index contributed by atoms with van der Waals surface area (Å²) in [5.74, 6) is 0.424. The standard InChI is InChI=1S/C15H15N7O/c16-15(23)11-3-1-10(2-4-11)9-21(12-5-6-12)14-8-7-13-17-19-20-22(13)18-14/h1-4,7-8,12H,5-6,9H2,(H2,16,23). The summed E-state index contributed by atoms with van der Waals surface area (Å²) in [5.41, 5.74) is 7.51. The summed E-state index contributed by atoms with van der Waals surface area (Å²) < 4.78 is 1.43. The van der Waals surface area contributed by atoms with Crippen molar-refractivity contribution in [1.29, 1.82) is 0 Å². The van der Waals surface area contributed by atoms with Crippen molar-refractivity contribution in [1.82, 2.24) is 25.3 Å². The minimum Gasteiger partial charge on any atom is -0.366 e. The Morgan fingerprint density at radius 2 is 2.00 bits per heavy atom. The van der Waals surface area contributed by atoms with E-state index in [1.807, 2.05) is 24.3 Å². The van der Waals surface area contributed by atoms with Crippen molar-refractivity contribution in [3.8, 4) is 0 Å². The van der Waals surface area contributed by atoms with Gasteiger partial charge >= 0.3 is 0 Å². The summed E-state index contributed by atoms with van der Waals surface area (Å²) in [5, 5.41) is 15.8. The van der Waals surface area contributed by atoms with E-state index in [1.165, 1.54) is 4.63 Å². The normalized spacial score (nSPS) is 14.1. The molecule has 2 N–H and O–H groups in total. The molecule has 2 aromatic heterocycles. The third kappa shape index (κ3) is 2.70. The maximum absolute atomic E-state index is 11.2. The molecule has 1 aromatic carbocycles. The summed E-state index contributed by atoms with van der Waals surface area (Å²) in [4.78, 5) is 13.4. The molecule has 0 radical (unpaired) electrons. The van der Waals surface area contributed by atoms with Crippen LogP contribution in [0.2, 0.25) is 0 Å². The van der Waals surface area contributed by atoms with Crippen LogP contribution < -0.4 is 10.6 Å². The molecule has 0 unspecified atom stereocenters. The van der Waals surface area contributed by atoms with Gasteiger partial charge in [0, 0.05) is 18.2 Å². The molecule has 8 heteroatoms. The van der Waals surface area contributed by atoms with Crippen LogP contribution in [0.15, 0.2) is 36.4 Å². The van der Waals surface area contributed by atoms with Crippen LogP contribution in [0.3, 0.4) is 0 Å². The third-order valence-electron chi connectivity index (χ3n) is 3.93. The van der Waals surface area contributed by atoms with Crippen LogP contribution in [0.25, 0.3) is 5.65 Å². The van der Waals surface area contributed by atoms with Crippen LogP contribution >= 0.6 is 0 Å². The van der Waals surface area contributed by atoms with Crippen molar-refractivity contribution < 1.29 is 4.79 Å². The maximum Gasteiger partial charge on any atom is 0.248 e. The first-order valence-corrected chi connectivity index (χ1v) is 7.41. The molecule has 0 bridgehead atoms. The summed E-state index contributed by atoms with van der Waals surface area (Å²) >= 11 is 0. The summed E-state index contributed by atoms with van der Waals surface area (Å²) in [6.07, 6.45) is 2.30. The molecule has 1 aliphatic carbocycles. The average Bonchev–Trinajstić information content (AvgIpc) is 3.29. The Kier molecular flexibility index (Phi) is 3.14. The predicted molar refractivity (Wildman–Crippen MR) is 82.7 cm³/mol. The Morgan fingerprint density at radius 1 is 1.22 bits per heavy atom. The zero-order chi connectivity index (χ0) is 15.8. The van der Waals surface area contributed by atoms with Gasteiger partial charge in [-0.15, -0.1) is 14.8 Å². The van der Waals surface area contributed by atoms with Gasteiger partial charge in [0.1, 0.15) is 0 Å². The number of amides is 1. The topological polar surface area (TPSA) is 102 Å². The molecule has 0 spiro atoms. The van der Waals surface area contributed by atoms with Gasteiger partial charge in [0.2, 0.25) is 5.91 Å². The highest BCUT2D eigenvalue weighted by atomic mass is 16.1. The van der Waals surface area contributed by atoms with Crippen LogP contribution in [0, 0.1) is 0 Å². The molecule has 0 atom stereocenters. The van der Waals surface area contributed by atoms with E-state index in [-0.39, 0.29) is 0 Å². The first-order chi connectivity index (χ1) is 11.2. The van der Waals surface area contributed by atoms with Gasteiger partial charge in [0.15, 0.2) is 11.5 Å². The molecular weight excluding hydrogens is 294 g/mol. The molecule has 2 heterocycles. The fourth-order valence-electron chi connectivity index (χ4n) is 2.55. The van der Waals surface area contributed by atoms with E-state index in [9.17, 15) is 4.79 Å². The van der Waals surface area contributed by atoms with E-state index in [4.69, 9.17) is 5.73 Å². The predicted octanol–water partition coefficient (Wildman–Crippen LogP) is 0.787. The number of rotatable bonds is 5. The molecule has 23 heavy (non-hydrogen) atoms. The zero-order valence-corrected chi connectivity index (χ0v) is 12.3. The number of nitrogens with two attached hydrogens (primary N) is 1. The van der Waals surface area contributed by atoms with Gasteiger partial charge in [-0.1, -0.05) is 12.1 Å². The van der Waals surface area contributed by atoms with E-state index < -0.39 is 5.91 Å². The van der Waals surface area contributed by atoms with Crippen molar-refractivity contribution in [3.63, 3.8) is 0 Å². The quantitative estimate of drug-likeness (QED) is 0.747. The van der Waals surface area contributed by atoms with Gasteiger partial charge < -0.3 is 10.6 Å². The number of nitrogens with zero attached hydrogens (tertiary/aromatic N) is 6. The Labute approximate surface area is 131 Å². The van der Waals surface area contributed by atoms with Gasteiger partial charge in [-0.3, -0.25) is 4.79 Å².